The van der Waals surface area contributed by atoms with Crippen LogP contribution in [-0.2, 0) is 24.4 Å². The molecule has 3 rings (SSSR count). The number of amides is 1. The van der Waals surface area contributed by atoms with Gasteiger partial charge in [-0.25, -0.2) is 4.79 Å². The van der Waals surface area contributed by atoms with Crippen molar-refractivity contribution in [2.75, 3.05) is 5.32 Å². The van der Waals surface area contributed by atoms with E-state index in [0.29, 0.717) is 12.2 Å². The Morgan fingerprint density at radius 1 is 1.10 bits per heavy atom. The number of nitrogens with one attached hydrogen (secondary N) is 1. The van der Waals surface area contributed by atoms with Crippen molar-refractivity contribution in [2.24, 2.45) is 0 Å². The summed E-state index contributed by atoms with van der Waals surface area (Å²) in [6, 6.07) is 1.40. The van der Waals surface area contributed by atoms with E-state index in [9.17, 15) is 9.59 Å². The van der Waals surface area contributed by atoms with Crippen LogP contribution in [0.25, 0.3) is 0 Å². The number of carbonyl (C=O) groups is 2. The molecule has 0 saturated carbocycles. The Labute approximate surface area is 168 Å². The summed E-state index contributed by atoms with van der Waals surface area (Å²) in [7, 11) is 0. The lowest BCUT2D eigenvalue weighted by atomic mass is 10.2. The normalized spacial score (nSPS) is 11.0. The van der Waals surface area contributed by atoms with Gasteiger partial charge in [0.15, 0.2) is 0 Å². The number of rotatable bonds is 8. The molecule has 0 fully saturated rings. The summed E-state index contributed by atoms with van der Waals surface area (Å²) >= 11 is 0. The first-order valence-corrected chi connectivity index (χ1v) is 9.42. The highest BCUT2D eigenvalue weighted by atomic mass is 16.4. The molecule has 0 saturated heterocycles. The largest absolute Gasteiger partial charge is 0.477 e. The molecule has 0 aliphatic heterocycles. The zero-order valence-corrected chi connectivity index (χ0v) is 17.0. The molecule has 3 heterocycles. The van der Waals surface area contributed by atoms with Crippen LogP contribution in [0.4, 0.5) is 5.69 Å². The highest BCUT2D eigenvalue weighted by Crippen LogP contribution is 2.21. The van der Waals surface area contributed by atoms with E-state index in [4.69, 9.17) is 5.11 Å². The van der Waals surface area contributed by atoms with Gasteiger partial charge in [-0.3, -0.25) is 18.8 Å². The molecule has 0 atom stereocenters. The third-order valence-corrected chi connectivity index (χ3v) is 4.96. The van der Waals surface area contributed by atoms with E-state index in [2.05, 4.69) is 20.6 Å². The van der Waals surface area contributed by atoms with E-state index in [-0.39, 0.29) is 24.6 Å². The molecule has 29 heavy (non-hydrogen) atoms. The van der Waals surface area contributed by atoms with E-state index in [1.165, 1.54) is 16.9 Å². The monoisotopic (exact) mass is 399 g/mol. The summed E-state index contributed by atoms with van der Waals surface area (Å²) in [5, 5.41) is 24.9. The number of hydrogen-bond acceptors (Lipinski definition) is 5. The molecule has 3 aromatic rings. The quantitative estimate of drug-likeness (QED) is 0.598. The zero-order chi connectivity index (χ0) is 21.1. The van der Waals surface area contributed by atoms with Crippen LogP contribution < -0.4 is 5.32 Å². The summed E-state index contributed by atoms with van der Waals surface area (Å²) in [6.45, 7) is 9.39. The molecule has 10 nitrogen and oxygen atoms in total. The van der Waals surface area contributed by atoms with E-state index >= 15 is 0 Å². The lowest BCUT2D eigenvalue weighted by Gasteiger charge is -2.08. The first-order chi connectivity index (χ1) is 13.8. The maximum atomic E-state index is 12.4. The predicted octanol–water partition coefficient (Wildman–Crippen LogP) is 2.00. The molecule has 2 N–H and O–H groups in total. The Morgan fingerprint density at radius 3 is 2.52 bits per heavy atom. The smallest absolute Gasteiger partial charge is 0.354 e. The molecular formula is C19H25N7O3. The van der Waals surface area contributed by atoms with Crippen LogP contribution >= 0.6 is 0 Å². The van der Waals surface area contributed by atoms with Crippen LogP contribution in [0.3, 0.4) is 0 Å². The number of carboxylic acids is 1. The minimum atomic E-state index is -1.07. The zero-order valence-electron chi connectivity index (χ0n) is 17.0. The third-order valence-electron chi connectivity index (χ3n) is 4.96. The number of hydrogen-bond donors (Lipinski definition) is 2. The second-order valence-electron chi connectivity index (χ2n) is 6.82. The van der Waals surface area contributed by atoms with Crippen molar-refractivity contribution >= 4 is 17.6 Å². The minimum Gasteiger partial charge on any atom is -0.477 e. The molecule has 0 aliphatic rings. The number of anilines is 1. The number of carboxylic acid groups (broad SMARTS) is 1. The average molecular weight is 399 g/mol. The summed E-state index contributed by atoms with van der Waals surface area (Å²) < 4.78 is 5.09. The van der Waals surface area contributed by atoms with E-state index in [0.717, 1.165) is 29.2 Å². The number of aromatic carboxylic acids is 1. The molecule has 3 aromatic heterocycles. The minimum absolute atomic E-state index is 0.0565. The highest BCUT2D eigenvalue weighted by molar-refractivity contribution is 5.92. The molecule has 0 radical (unpaired) electrons. The second-order valence-corrected chi connectivity index (χ2v) is 6.82. The van der Waals surface area contributed by atoms with Crippen LogP contribution in [0.15, 0.2) is 18.5 Å². The van der Waals surface area contributed by atoms with Crippen molar-refractivity contribution in [3.63, 3.8) is 0 Å². The molecular weight excluding hydrogens is 374 g/mol. The Morgan fingerprint density at radius 2 is 1.86 bits per heavy atom. The summed E-state index contributed by atoms with van der Waals surface area (Å²) in [6.07, 6.45) is 3.36. The van der Waals surface area contributed by atoms with E-state index in [1.807, 2.05) is 43.3 Å². The fourth-order valence-corrected chi connectivity index (χ4v) is 3.25. The van der Waals surface area contributed by atoms with Gasteiger partial charge in [0.2, 0.25) is 5.91 Å². The van der Waals surface area contributed by atoms with Gasteiger partial charge in [0.05, 0.1) is 36.4 Å². The molecule has 0 unspecified atom stereocenters. The third kappa shape index (κ3) is 4.20. The molecule has 10 heteroatoms. The first-order valence-electron chi connectivity index (χ1n) is 9.42. The van der Waals surface area contributed by atoms with Crippen LogP contribution in [0, 0.1) is 20.8 Å². The Balaban J connectivity index is 1.68. The second kappa shape index (κ2) is 8.29. The lowest BCUT2D eigenvalue weighted by molar-refractivity contribution is -0.116. The predicted molar refractivity (Wildman–Crippen MR) is 106 cm³/mol. The molecule has 1 amide bonds. The number of carbonyl (C=O) groups excluding carboxylic acids is 1. The number of aromatic nitrogens is 6. The standard InChI is InChI=1S/C19H25N7O3/c1-5-24-13(3)15(10-21-24)11-26-14(4)18(12(2)23-26)22-17(27)7-9-25-16(19(28)29)6-8-20-25/h6,8,10H,5,7,9,11H2,1-4H3,(H,22,27)(H,28,29). The molecule has 0 spiro atoms. The van der Waals surface area contributed by atoms with Gasteiger partial charge in [0.1, 0.15) is 5.69 Å². The van der Waals surface area contributed by atoms with E-state index in [1.54, 1.807) is 0 Å². The maximum absolute atomic E-state index is 12.4. The van der Waals surface area contributed by atoms with Crippen molar-refractivity contribution in [2.45, 2.75) is 53.8 Å². The van der Waals surface area contributed by atoms with Crippen molar-refractivity contribution in [1.82, 2.24) is 29.3 Å². The maximum Gasteiger partial charge on any atom is 0.354 e. The molecule has 0 aliphatic carbocycles. The number of aryl methyl sites for hydroxylation is 3. The summed E-state index contributed by atoms with van der Waals surface area (Å²) in [5.41, 5.74) is 4.48. The van der Waals surface area contributed by atoms with Crippen molar-refractivity contribution < 1.29 is 14.7 Å². The van der Waals surface area contributed by atoms with Gasteiger partial charge >= 0.3 is 5.97 Å². The Kier molecular flexibility index (Phi) is 5.81. The van der Waals surface area contributed by atoms with Gasteiger partial charge in [-0.2, -0.15) is 15.3 Å². The van der Waals surface area contributed by atoms with Crippen LogP contribution in [-0.4, -0.2) is 46.3 Å². The summed E-state index contributed by atoms with van der Waals surface area (Å²) in [5.74, 6) is -1.30. The molecule has 0 bridgehead atoms. The highest BCUT2D eigenvalue weighted by Gasteiger charge is 2.17. The van der Waals surface area contributed by atoms with Gasteiger partial charge < -0.3 is 10.4 Å². The van der Waals surface area contributed by atoms with Crippen LogP contribution in [0.2, 0.25) is 0 Å². The summed E-state index contributed by atoms with van der Waals surface area (Å²) in [4.78, 5) is 23.5. The molecule has 0 aromatic carbocycles. The Bertz CT molecular complexity index is 1040. The van der Waals surface area contributed by atoms with Gasteiger partial charge in [-0.1, -0.05) is 0 Å². The fourth-order valence-electron chi connectivity index (χ4n) is 3.25. The number of nitrogens with zero attached hydrogens (tertiary/aromatic N) is 6. The van der Waals surface area contributed by atoms with Gasteiger partial charge in [0, 0.05) is 30.4 Å². The first kappa shape index (κ1) is 20.3. The van der Waals surface area contributed by atoms with Crippen LogP contribution in [0.5, 0.6) is 0 Å². The van der Waals surface area contributed by atoms with Crippen LogP contribution in [0.1, 0.15) is 46.5 Å². The van der Waals surface area contributed by atoms with Gasteiger partial charge in [0.25, 0.3) is 0 Å². The van der Waals surface area contributed by atoms with Crippen molar-refractivity contribution in [3.05, 3.63) is 46.8 Å². The van der Waals surface area contributed by atoms with Crippen molar-refractivity contribution in [3.8, 4) is 0 Å². The Hall–Kier alpha value is -3.43. The van der Waals surface area contributed by atoms with Crippen molar-refractivity contribution in [1.29, 1.82) is 0 Å². The fraction of sp³-hybridized carbons (Fsp3) is 0.421. The SMILES string of the molecule is CCn1ncc(Cn2nc(C)c(NC(=O)CCn3nccc3C(=O)O)c2C)c1C. The topological polar surface area (TPSA) is 120 Å². The van der Waals surface area contributed by atoms with E-state index < -0.39 is 5.97 Å². The average Bonchev–Trinajstić information content (AvgIpc) is 3.36. The van der Waals surface area contributed by atoms with Gasteiger partial charge in [-0.15, -0.1) is 0 Å². The lowest BCUT2D eigenvalue weighted by Crippen LogP contribution is -2.18. The van der Waals surface area contributed by atoms with Gasteiger partial charge in [-0.05, 0) is 33.8 Å². The molecule has 154 valence electrons.